The fourth-order valence-corrected chi connectivity index (χ4v) is 2.99. The first-order valence-electron chi connectivity index (χ1n) is 7.86. The molecule has 0 saturated heterocycles. The Morgan fingerprint density at radius 1 is 1.13 bits per heavy atom. The zero-order chi connectivity index (χ0) is 16.1. The van der Waals surface area contributed by atoms with Crippen LogP contribution in [0.4, 0.5) is 0 Å². The molecule has 5 heteroatoms. The summed E-state index contributed by atoms with van der Waals surface area (Å²) < 4.78 is 11.1. The van der Waals surface area contributed by atoms with Gasteiger partial charge in [-0.05, 0) is 30.9 Å². The van der Waals surface area contributed by atoms with Gasteiger partial charge in [-0.25, -0.2) is 14.8 Å². The number of rotatable bonds is 4. The molecule has 1 heterocycles. The van der Waals surface area contributed by atoms with Crippen molar-refractivity contribution < 1.29 is 14.3 Å². The van der Waals surface area contributed by atoms with Crippen LogP contribution in [-0.2, 0) is 9.47 Å². The maximum absolute atomic E-state index is 12.6. The lowest BCUT2D eigenvalue weighted by Gasteiger charge is -2.28. The number of methoxy groups -OCH3 is 1. The summed E-state index contributed by atoms with van der Waals surface area (Å²) in [7, 11) is 1.71. The molecule has 2 atom stereocenters. The third-order valence-corrected chi connectivity index (χ3v) is 4.20. The van der Waals surface area contributed by atoms with Gasteiger partial charge in [-0.1, -0.05) is 18.2 Å². The Hall–Kier alpha value is -2.27. The average Bonchev–Trinajstić information content (AvgIpc) is 2.62. The first-order chi connectivity index (χ1) is 11.3. The van der Waals surface area contributed by atoms with Crippen molar-refractivity contribution in [2.75, 3.05) is 7.11 Å². The Morgan fingerprint density at radius 3 is 2.65 bits per heavy atom. The fourth-order valence-electron chi connectivity index (χ4n) is 2.99. The Labute approximate surface area is 135 Å². The van der Waals surface area contributed by atoms with Crippen molar-refractivity contribution in [2.45, 2.75) is 37.9 Å². The van der Waals surface area contributed by atoms with Crippen LogP contribution in [0.3, 0.4) is 0 Å². The molecule has 0 unspecified atom stereocenters. The van der Waals surface area contributed by atoms with E-state index in [4.69, 9.17) is 9.47 Å². The van der Waals surface area contributed by atoms with Gasteiger partial charge in [0.1, 0.15) is 12.4 Å². The molecule has 120 valence electrons. The lowest BCUT2D eigenvalue weighted by molar-refractivity contribution is -0.0148. The first kappa shape index (κ1) is 15.6. The van der Waals surface area contributed by atoms with Crippen LogP contribution < -0.4 is 0 Å². The van der Waals surface area contributed by atoms with Crippen LogP contribution in [0.25, 0.3) is 11.1 Å². The van der Waals surface area contributed by atoms with Gasteiger partial charge in [-0.2, -0.15) is 0 Å². The number of hydrogen-bond donors (Lipinski definition) is 0. The SMILES string of the molecule is CO[C@@H]1CCC[C@H](OC(=O)c2ccccc2-c2cncnc2)C1. The minimum Gasteiger partial charge on any atom is -0.459 e. The molecule has 0 aliphatic heterocycles. The molecule has 23 heavy (non-hydrogen) atoms. The molecule has 1 aromatic carbocycles. The van der Waals surface area contributed by atoms with Gasteiger partial charge in [-0.3, -0.25) is 0 Å². The lowest BCUT2D eigenvalue weighted by atomic mass is 9.94. The quantitative estimate of drug-likeness (QED) is 0.811. The lowest BCUT2D eigenvalue weighted by Crippen LogP contribution is -2.29. The van der Waals surface area contributed by atoms with E-state index in [1.165, 1.54) is 6.33 Å². The van der Waals surface area contributed by atoms with Gasteiger partial charge < -0.3 is 9.47 Å². The molecular formula is C18H20N2O3. The van der Waals surface area contributed by atoms with Crippen LogP contribution in [0.15, 0.2) is 43.0 Å². The van der Waals surface area contributed by atoms with Crippen LogP contribution in [0, 0.1) is 0 Å². The highest BCUT2D eigenvalue weighted by atomic mass is 16.5. The summed E-state index contributed by atoms with van der Waals surface area (Å²) in [5.41, 5.74) is 2.14. The van der Waals surface area contributed by atoms with Gasteiger partial charge in [0.25, 0.3) is 0 Å². The summed E-state index contributed by atoms with van der Waals surface area (Å²) in [4.78, 5) is 20.6. The molecule has 0 spiro atoms. The molecule has 2 aromatic rings. The van der Waals surface area contributed by atoms with Crippen molar-refractivity contribution in [3.63, 3.8) is 0 Å². The van der Waals surface area contributed by atoms with Gasteiger partial charge in [0, 0.05) is 31.5 Å². The molecule has 0 N–H and O–H groups in total. The largest absolute Gasteiger partial charge is 0.459 e. The molecular weight excluding hydrogens is 292 g/mol. The molecule has 3 rings (SSSR count). The van der Waals surface area contributed by atoms with Crippen molar-refractivity contribution in [3.05, 3.63) is 48.5 Å². The number of carbonyl (C=O) groups excluding carboxylic acids is 1. The van der Waals surface area contributed by atoms with Crippen LogP contribution >= 0.6 is 0 Å². The molecule has 0 radical (unpaired) electrons. The summed E-state index contributed by atoms with van der Waals surface area (Å²) in [5.74, 6) is -0.300. The summed E-state index contributed by atoms with van der Waals surface area (Å²) in [5, 5.41) is 0. The van der Waals surface area contributed by atoms with E-state index in [-0.39, 0.29) is 18.2 Å². The van der Waals surface area contributed by atoms with Gasteiger partial charge in [0.2, 0.25) is 0 Å². The van der Waals surface area contributed by atoms with E-state index < -0.39 is 0 Å². The molecule has 1 aliphatic carbocycles. The number of benzene rings is 1. The van der Waals surface area contributed by atoms with Crippen LogP contribution in [0.2, 0.25) is 0 Å². The van der Waals surface area contributed by atoms with E-state index in [0.29, 0.717) is 5.56 Å². The second kappa shape index (κ2) is 7.33. The van der Waals surface area contributed by atoms with Gasteiger partial charge in [0.15, 0.2) is 0 Å². The van der Waals surface area contributed by atoms with Crippen molar-refractivity contribution in [3.8, 4) is 11.1 Å². The topological polar surface area (TPSA) is 61.3 Å². The molecule has 0 amide bonds. The molecule has 1 saturated carbocycles. The number of aromatic nitrogens is 2. The Morgan fingerprint density at radius 2 is 1.87 bits per heavy atom. The predicted molar refractivity (Wildman–Crippen MR) is 85.9 cm³/mol. The Balaban J connectivity index is 1.78. The molecule has 5 nitrogen and oxygen atoms in total. The second-order valence-corrected chi connectivity index (χ2v) is 5.72. The first-order valence-corrected chi connectivity index (χ1v) is 7.86. The second-order valence-electron chi connectivity index (χ2n) is 5.72. The normalized spacial score (nSPS) is 20.9. The number of nitrogens with zero attached hydrogens (tertiary/aromatic N) is 2. The highest BCUT2D eigenvalue weighted by Gasteiger charge is 2.26. The highest BCUT2D eigenvalue weighted by Crippen LogP contribution is 2.27. The van der Waals surface area contributed by atoms with Crippen molar-refractivity contribution in [2.24, 2.45) is 0 Å². The van der Waals surface area contributed by atoms with Crippen LogP contribution in [0.5, 0.6) is 0 Å². The minimum atomic E-state index is -0.300. The third-order valence-electron chi connectivity index (χ3n) is 4.20. The summed E-state index contributed by atoms with van der Waals surface area (Å²) in [6.07, 6.45) is 8.66. The Bertz CT molecular complexity index is 660. The summed E-state index contributed by atoms with van der Waals surface area (Å²) in [6.45, 7) is 0. The van der Waals surface area contributed by atoms with E-state index in [9.17, 15) is 4.79 Å². The standard InChI is InChI=1S/C18H20N2O3/c1-22-14-5-4-6-15(9-14)23-18(21)17-8-3-2-7-16(17)13-10-19-12-20-11-13/h2-3,7-8,10-12,14-15H,4-6,9H2,1H3/t14-,15+/m1/s1. The van der Waals surface area contributed by atoms with Crippen LogP contribution in [0.1, 0.15) is 36.0 Å². The molecule has 1 fully saturated rings. The van der Waals surface area contributed by atoms with Gasteiger partial charge in [-0.15, -0.1) is 0 Å². The average molecular weight is 312 g/mol. The molecule has 1 aliphatic rings. The van der Waals surface area contributed by atoms with E-state index in [1.54, 1.807) is 25.6 Å². The summed E-state index contributed by atoms with van der Waals surface area (Å²) >= 11 is 0. The fraction of sp³-hybridized carbons (Fsp3) is 0.389. The number of carbonyl (C=O) groups is 1. The maximum atomic E-state index is 12.6. The maximum Gasteiger partial charge on any atom is 0.339 e. The smallest absolute Gasteiger partial charge is 0.339 e. The third kappa shape index (κ3) is 3.74. The van der Waals surface area contributed by atoms with E-state index in [2.05, 4.69) is 9.97 Å². The van der Waals surface area contributed by atoms with Crippen LogP contribution in [-0.4, -0.2) is 35.3 Å². The van der Waals surface area contributed by atoms with Gasteiger partial charge in [0.05, 0.1) is 11.7 Å². The van der Waals surface area contributed by atoms with Crippen molar-refractivity contribution in [1.82, 2.24) is 9.97 Å². The Kier molecular flexibility index (Phi) is 4.98. The molecule has 0 bridgehead atoms. The van der Waals surface area contributed by atoms with Crippen molar-refractivity contribution in [1.29, 1.82) is 0 Å². The zero-order valence-corrected chi connectivity index (χ0v) is 13.1. The summed E-state index contributed by atoms with van der Waals surface area (Å²) in [6, 6.07) is 7.39. The minimum absolute atomic E-state index is 0.0821. The zero-order valence-electron chi connectivity index (χ0n) is 13.1. The number of esters is 1. The number of hydrogen-bond acceptors (Lipinski definition) is 5. The highest BCUT2D eigenvalue weighted by molar-refractivity contribution is 5.97. The van der Waals surface area contributed by atoms with E-state index in [0.717, 1.165) is 36.8 Å². The van der Waals surface area contributed by atoms with Gasteiger partial charge >= 0.3 is 5.97 Å². The van der Waals surface area contributed by atoms with Crippen molar-refractivity contribution >= 4 is 5.97 Å². The van der Waals surface area contributed by atoms with E-state index >= 15 is 0 Å². The van der Waals surface area contributed by atoms with E-state index in [1.807, 2.05) is 18.2 Å². The monoisotopic (exact) mass is 312 g/mol. The number of ether oxygens (including phenoxy) is 2. The molecule has 1 aromatic heterocycles. The predicted octanol–water partition coefficient (Wildman–Crippen LogP) is 3.26.